The van der Waals surface area contributed by atoms with Crippen molar-refractivity contribution in [3.8, 4) is 0 Å². The number of piperidine rings is 1. The van der Waals surface area contributed by atoms with Crippen molar-refractivity contribution >= 4 is 15.8 Å². The van der Waals surface area contributed by atoms with Crippen molar-refractivity contribution in [2.45, 2.75) is 30.8 Å². The molecule has 1 aromatic carbocycles. The molecule has 0 aliphatic carbocycles. The van der Waals surface area contributed by atoms with Gasteiger partial charge in [0, 0.05) is 52.0 Å². The van der Waals surface area contributed by atoms with Gasteiger partial charge in [-0.25, -0.2) is 18.4 Å². The van der Waals surface area contributed by atoms with Gasteiger partial charge in [0.15, 0.2) is 0 Å². The fraction of sp³-hybridized carbons (Fsp3) is 0.545. The minimum absolute atomic E-state index is 0.101. The van der Waals surface area contributed by atoms with Crippen LogP contribution < -0.4 is 4.90 Å². The summed E-state index contributed by atoms with van der Waals surface area (Å²) in [4.78, 5) is 13.1. The minimum atomic E-state index is -4.49. The third kappa shape index (κ3) is 5.64. The molecule has 0 radical (unpaired) electrons. The van der Waals surface area contributed by atoms with Crippen LogP contribution in [0.15, 0.2) is 41.4 Å². The average Bonchev–Trinajstić information content (AvgIpc) is 2.79. The summed E-state index contributed by atoms with van der Waals surface area (Å²) in [5.41, 5.74) is -0.854. The highest BCUT2D eigenvalue weighted by atomic mass is 32.2. The molecular formula is C22H28F3N5O2S. The van der Waals surface area contributed by atoms with Gasteiger partial charge in [0.05, 0.1) is 10.5 Å². The summed E-state index contributed by atoms with van der Waals surface area (Å²) in [7, 11) is -3.80. The zero-order chi connectivity index (χ0) is 23.6. The summed E-state index contributed by atoms with van der Waals surface area (Å²) in [5, 5.41) is 0. The fourth-order valence-corrected chi connectivity index (χ4v) is 5.87. The number of rotatable bonds is 5. The molecule has 0 amide bonds. The van der Waals surface area contributed by atoms with Crippen molar-refractivity contribution < 1.29 is 21.6 Å². The van der Waals surface area contributed by atoms with Crippen LogP contribution in [0.3, 0.4) is 0 Å². The second kappa shape index (κ2) is 9.55. The van der Waals surface area contributed by atoms with E-state index in [1.54, 1.807) is 6.20 Å². The predicted octanol–water partition coefficient (Wildman–Crippen LogP) is 3.03. The van der Waals surface area contributed by atoms with E-state index in [2.05, 4.69) is 19.8 Å². The van der Waals surface area contributed by atoms with Crippen molar-refractivity contribution in [1.82, 2.24) is 19.2 Å². The fourth-order valence-electron chi connectivity index (χ4n) is 4.45. The van der Waals surface area contributed by atoms with Crippen LogP contribution in [0.1, 0.15) is 24.2 Å². The molecule has 4 rings (SSSR count). The lowest BCUT2D eigenvalue weighted by Gasteiger charge is -2.38. The van der Waals surface area contributed by atoms with Gasteiger partial charge < -0.3 is 9.80 Å². The number of alkyl halides is 3. The highest BCUT2D eigenvalue weighted by Crippen LogP contribution is 2.30. The number of hydrogen-bond acceptors (Lipinski definition) is 6. The van der Waals surface area contributed by atoms with Gasteiger partial charge in [-0.2, -0.15) is 17.5 Å². The molecule has 0 N–H and O–H groups in total. The molecule has 0 spiro atoms. The second-order valence-corrected chi connectivity index (χ2v) is 10.6. The van der Waals surface area contributed by atoms with E-state index >= 15 is 0 Å². The number of nitrogens with zero attached hydrogens (tertiary/aromatic N) is 5. The zero-order valence-electron chi connectivity index (χ0n) is 18.5. The average molecular weight is 484 g/mol. The predicted molar refractivity (Wildman–Crippen MR) is 118 cm³/mol. The third-order valence-corrected chi connectivity index (χ3v) is 8.28. The van der Waals surface area contributed by atoms with E-state index in [1.807, 2.05) is 13.0 Å². The number of halogens is 3. The summed E-state index contributed by atoms with van der Waals surface area (Å²) in [6.07, 6.45) is -0.611. The monoisotopic (exact) mass is 483 g/mol. The van der Waals surface area contributed by atoms with E-state index in [4.69, 9.17) is 0 Å². The van der Waals surface area contributed by atoms with Crippen LogP contribution in [0.2, 0.25) is 0 Å². The van der Waals surface area contributed by atoms with E-state index < -0.39 is 21.8 Å². The van der Waals surface area contributed by atoms with Gasteiger partial charge in [-0.1, -0.05) is 0 Å². The molecule has 0 atom stereocenters. The molecule has 2 aromatic rings. The zero-order valence-corrected chi connectivity index (χ0v) is 19.3. The summed E-state index contributed by atoms with van der Waals surface area (Å²) >= 11 is 0. The second-order valence-electron chi connectivity index (χ2n) is 8.62. The van der Waals surface area contributed by atoms with Gasteiger partial charge in [0.2, 0.25) is 10.0 Å². The molecule has 2 aliphatic rings. The van der Waals surface area contributed by atoms with Gasteiger partial charge in [-0.15, -0.1) is 0 Å². The Kier molecular flexibility index (Phi) is 6.92. The lowest BCUT2D eigenvalue weighted by atomic mass is 9.96. The summed E-state index contributed by atoms with van der Waals surface area (Å²) in [6.45, 7) is 6.58. The van der Waals surface area contributed by atoms with Crippen molar-refractivity contribution in [1.29, 1.82) is 0 Å². The van der Waals surface area contributed by atoms with Crippen LogP contribution in [0.5, 0.6) is 0 Å². The molecule has 7 nitrogen and oxygen atoms in total. The maximum Gasteiger partial charge on any atom is 0.416 e. The number of benzene rings is 1. The molecule has 2 aliphatic heterocycles. The van der Waals surface area contributed by atoms with E-state index in [0.29, 0.717) is 32.1 Å². The van der Waals surface area contributed by atoms with Gasteiger partial charge in [0.25, 0.3) is 0 Å². The van der Waals surface area contributed by atoms with E-state index in [0.717, 1.165) is 68.4 Å². The molecule has 1 aromatic heterocycles. The Labute approximate surface area is 192 Å². The lowest BCUT2D eigenvalue weighted by molar-refractivity contribution is -0.137. The summed E-state index contributed by atoms with van der Waals surface area (Å²) in [5.74, 6) is 2.27. The van der Waals surface area contributed by atoms with Crippen LogP contribution in [0.4, 0.5) is 19.0 Å². The Balaban J connectivity index is 1.27. The smallest absolute Gasteiger partial charge is 0.356 e. The van der Waals surface area contributed by atoms with E-state index in [9.17, 15) is 21.6 Å². The minimum Gasteiger partial charge on any atom is -0.356 e. The molecule has 180 valence electrons. The highest BCUT2D eigenvalue weighted by molar-refractivity contribution is 7.89. The molecule has 2 saturated heterocycles. The molecule has 0 saturated carbocycles. The largest absolute Gasteiger partial charge is 0.416 e. The number of hydrogen-bond donors (Lipinski definition) is 0. The Morgan fingerprint density at radius 2 is 1.61 bits per heavy atom. The number of anilines is 1. The maximum atomic E-state index is 12.8. The maximum absolute atomic E-state index is 12.8. The van der Waals surface area contributed by atoms with Crippen molar-refractivity contribution in [3.05, 3.63) is 47.9 Å². The lowest BCUT2D eigenvalue weighted by Crippen LogP contribution is -2.50. The first-order chi connectivity index (χ1) is 15.6. The van der Waals surface area contributed by atoms with Gasteiger partial charge in [-0.3, -0.25) is 0 Å². The standard InChI is InChI=1S/C22H28F3N5O2S/c1-17-26-9-6-21(27-17)29-10-7-18(8-11-29)16-28-12-14-30(15-13-28)33(31,32)20-4-2-19(3-5-20)22(23,24)25/h2-6,9,18H,7-8,10-16H2,1H3. The van der Waals surface area contributed by atoms with Gasteiger partial charge in [-0.05, 0) is 56.0 Å². The van der Waals surface area contributed by atoms with Crippen LogP contribution in [-0.2, 0) is 16.2 Å². The molecule has 11 heteroatoms. The van der Waals surface area contributed by atoms with Gasteiger partial charge in [0.1, 0.15) is 11.6 Å². The summed E-state index contributed by atoms with van der Waals surface area (Å²) in [6, 6.07) is 5.65. The van der Waals surface area contributed by atoms with Crippen molar-refractivity contribution in [3.63, 3.8) is 0 Å². The molecule has 0 bridgehead atoms. The number of piperazine rings is 1. The quantitative estimate of drug-likeness (QED) is 0.651. The van der Waals surface area contributed by atoms with Crippen LogP contribution in [0, 0.1) is 12.8 Å². The molecule has 3 heterocycles. The Morgan fingerprint density at radius 3 is 2.18 bits per heavy atom. The number of sulfonamides is 1. The Hall–Kier alpha value is -2.24. The third-order valence-electron chi connectivity index (χ3n) is 6.37. The first-order valence-electron chi connectivity index (χ1n) is 11.1. The van der Waals surface area contributed by atoms with E-state index in [1.165, 1.54) is 4.31 Å². The van der Waals surface area contributed by atoms with Crippen LogP contribution in [-0.4, -0.2) is 73.4 Å². The summed E-state index contributed by atoms with van der Waals surface area (Å²) < 4.78 is 65.3. The number of aromatic nitrogens is 2. The van der Waals surface area contributed by atoms with Crippen LogP contribution in [0.25, 0.3) is 0 Å². The Bertz CT molecular complexity index is 1050. The SMILES string of the molecule is Cc1nccc(N2CCC(CN3CCN(S(=O)(=O)c4ccc(C(F)(F)F)cc4)CC3)CC2)n1. The highest BCUT2D eigenvalue weighted by Gasteiger charge is 2.33. The topological polar surface area (TPSA) is 69.6 Å². The number of aryl methyl sites for hydroxylation is 1. The molecule has 0 unspecified atom stereocenters. The van der Waals surface area contributed by atoms with E-state index in [-0.39, 0.29) is 4.90 Å². The first kappa shape index (κ1) is 23.9. The molecule has 33 heavy (non-hydrogen) atoms. The normalized spacial score (nSPS) is 19.7. The first-order valence-corrected chi connectivity index (χ1v) is 12.5. The molecule has 2 fully saturated rings. The van der Waals surface area contributed by atoms with Crippen molar-refractivity contribution in [2.75, 3.05) is 50.7 Å². The van der Waals surface area contributed by atoms with Crippen LogP contribution >= 0.6 is 0 Å². The van der Waals surface area contributed by atoms with Gasteiger partial charge >= 0.3 is 6.18 Å². The Morgan fingerprint density at radius 1 is 0.970 bits per heavy atom. The molecular weight excluding hydrogens is 455 g/mol. The van der Waals surface area contributed by atoms with Crippen molar-refractivity contribution in [2.24, 2.45) is 5.92 Å².